The van der Waals surface area contributed by atoms with Crippen LogP contribution in [0.2, 0.25) is 0 Å². The largest absolute Gasteiger partial charge is 0.508 e. The van der Waals surface area contributed by atoms with E-state index in [-0.39, 0.29) is 0 Å². The number of phenolic OH excluding ortho intramolecular Hbond substituents is 1. The molecule has 0 aliphatic carbocycles. The van der Waals surface area contributed by atoms with Crippen molar-refractivity contribution in [1.82, 2.24) is 0 Å². The number of benzene rings is 3. The molecule has 0 radical (unpaired) electrons. The van der Waals surface area contributed by atoms with E-state index in [0.717, 1.165) is 12.8 Å². The van der Waals surface area contributed by atoms with Crippen molar-refractivity contribution in [2.45, 2.75) is 18.8 Å². The van der Waals surface area contributed by atoms with Gasteiger partial charge in [-0.3, -0.25) is 0 Å². The summed E-state index contributed by atoms with van der Waals surface area (Å²) in [6.07, 6.45) is 1.99. The Labute approximate surface area is 131 Å². The fraction of sp³-hybridized carbons (Fsp3) is 0.143. The van der Waals surface area contributed by atoms with Crippen molar-refractivity contribution in [1.29, 1.82) is 0 Å². The molecular weight excluding hydrogens is 268 g/mol. The summed E-state index contributed by atoms with van der Waals surface area (Å²) in [6, 6.07) is 28.8. The molecule has 0 saturated heterocycles. The molecule has 1 atom stereocenters. The molecule has 1 N–H and O–H groups in total. The van der Waals surface area contributed by atoms with Gasteiger partial charge in [-0.05, 0) is 47.6 Å². The molecule has 110 valence electrons. The molecule has 0 heterocycles. The molecule has 0 saturated carbocycles. The fourth-order valence-corrected chi connectivity index (χ4v) is 2.85. The average Bonchev–Trinajstić information content (AvgIpc) is 2.58. The van der Waals surface area contributed by atoms with Gasteiger partial charge in [-0.2, -0.15) is 0 Å². The number of rotatable bonds is 5. The molecule has 0 aromatic heterocycles. The highest BCUT2D eigenvalue weighted by Gasteiger charge is 2.13. The molecule has 3 aromatic rings. The van der Waals surface area contributed by atoms with Gasteiger partial charge in [0.25, 0.3) is 0 Å². The molecular formula is C21H20O. The molecule has 0 amide bonds. The first kappa shape index (κ1) is 14.4. The van der Waals surface area contributed by atoms with Crippen molar-refractivity contribution < 1.29 is 5.11 Å². The number of hydrogen-bond acceptors (Lipinski definition) is 1. The SMILES string of the molecule is Oc1ccc(CC(Cc2ccccc2)c2ccccc2)cc1. The van der Waals surface area contributed by atoms with Gasteiger partial charge in [0.1, 0.15) is 5.75 Å². The van der Waals surface area contributed by atoms with Gasteiger partial charge in [-0.25, -0.2) is 0 Å². The van der Waals surface area contributed by atoms with Crippen LogP contribution in [0.4, 0.5) is 0 Å². The van der Waals surface area contributed by atoms with Crippen LogP contribution in [0.15, 0.2) is 84.9 Å². The maximum absolute atomic E-state index is 9.44. The maximum atomic E-state index is 9.44. The van der Waals surface area contributed by atoms with E-state index >= 15 is 0 Å². The third-order valence-electron chi connectivity index (χ3n) is 4.01. The van der Waals surface area contributed by atoms with Gasteiger partial charge in [0.2, 0.25) is 0 Å². The van der Waals surface area contributed by atoms with Crippen LogP contribution >= 0.6 is 0 Å². The Morgan fingerprint density at radius 1 is 0.591 bits per heavy atom. The zero-order valence-corrected chi connectivity index (χ0v) is 12.5. The maximum Gasteiger partial charge on any atom is 0.115 e. The monoisotopic (exact) mass is 288 g/mol. The van der Waals surface area contributed by atoms with Crippen molar-refractivity contribution in [3.63, 3.8) is 0 Å². The number of aromatic hydroxyl groups is 1. The van der Waals surface area contributed by atoms with Gasteiger partial charge < -0.3 is 5.11 Å². The zero-order valence-electron chi connectivity index (χ0n) is 12.5. The van der Waals surface area contributed by atoms with Crippen LogP contribution in [0.1, 0.15) is 22.6 Å². The minimum Gasteiger partial charge on any atom is -0.508 e. The van der Waals surface area contributed by atoms with E-state index in [2.05, 4.69) is 60.7 Å². The smallest absolute Gasteiger partial charge is 0.115 e. The predicted molar refractivity (Wildman–Crippen MR) is 91.1 cm³/mol. The lowest BCUT2D eigenvalue weighted by atomic mass is 9.87. The van der Waals surface area contributed by atoms with E-state index in [9.17, 15) is 5.11 Å². The van der Waals surface area contributed by atoms with E-state index in [1.807, 2.05) is 12.1 Å². The first-order valence-corrected chi connectivity index (χ1v) is 7.68. The minimum atomic E-state index is 0.322. The summed E-state index contributed by atoms with van der Waals surface area (Å²) in [5, 5.41) is 9.44. The Hall–Kier alpha value is -2.54. The summed E-state index contributed by atoms with van der Waals surface area (Å²) >= 11 is 0. The van der Waals surface area contributed by atoms with E-state index in [1.54, 1.807) is 12.1 Å². The summed E-state index contributed by atoms with van der Waals surface area (Å²) < 4.78 is 0. The topological polar surface area (TPSA) is 20.2 Å². The molecule has 3 aromatic carbocycles. The van der Waals surface area contributed by atoms with Crippen LogP contribution in [0.3, 0.4) is 0 Å². The lowest BCUT2D eigenvalue weighted by molar-refractivity contribution is 0.475. The van der Waals surface area contributed by atoms with Gasteiger partial charge >= 0.3 is 0 Å². The quantitative estimate of drug-likeness (QED) is 0.703. The van der Waals surface area contributed by atoms with Gasteiger partial charge in [-0.15, -0.1) is 0 Å². The second-order valence-corrected chi connectivity index (χ2v) is 5.67. The Balaban J connectivity index is 1.84. The predicted octanol–water partition coefficient (Wildman–Crippen LogP) is 4.96. The van der Waals surface area contributed by atoms with Crippen LogP contribution in [0, 0.1) is 0 Å². The highest BCUT2D eigenvalue weighted by Crippen LogP contribution is 2.26. The molecule has 0 aliphatic heterocycles. The lowest BCUT2D eigenvalue weighted by Crippen LogP contribution is -2.06. The summed E-state index contributed by atoms with van der Waals surface area (Å²) in [7, 11) is 0. The first-order chi connectivity index (χ1) is 10.8. The summed E-state index contributed by atoms with van der Waals surface area (Å²) in [5.74, 6) is 0.760. The van der Waals surface area contributed by atoms with E-state index in [1.165, 1.54) is 16.7 Å². The van der Waals surface area contributed by atoms with Gasteiger partial charge in [0, 0.05) is 0 Å². The summed E-state index contributed by atoms with van der Waals surface area (Å²) in [5.41, 5.74) is 3.97. The van der Waals surface area contributed by atoms with Crippen LogP contribution in [0.5, 0.6) is 5.75 Å². The Bertz CT molecular complexity index is 687. The van der Waals surface area contributed by atoms with Crippen molar-refractivity contribution >= 4 is 0 Å². The zero-order chi connectivity index (χ0) is 15.2. The first-order valence-electron chi connectivity index (χ1n) is 7.68. The van der Waals surface area contributed by atoms with Crippen molar-refractivity contribution in [2.75, 3.05) is 0 Å². The lowest BCUT2D eigenvalue weighted by Gasteiger charge is -2.18. The summed E-state index contributed by atoms with van der Waals surface area (Å²) in [4.78, 5) is 0. The van der Waals surface area contributed by atoms with Crippen LogP contribution in [-0.4, -0.2) is 5.11 Å². The molecule has 3 rings (SSSR count). The second kappa shape index (κ2) is 6.95. The summed E-state index contributed by atoms with van der Waals surface area (Å²) in [6.45, 7) is 0. The van der Waals surface area contributed by atoms with Gasteiger partial charge in [0.15, 0.2) is 0 Å². The van der Waals surface area contributed by atoms with E-state index < -0.39 is 0 Å². The van der Waals surface area contributed by atoms with Crippen LogP contribution < -0.4 is 0 Å². The molecule has 0 aliphatic rings. The minimum absolute atomic E-state index is 0.322. The molecule has 0 bridgehead atoms. The van der Waals surface area contributed by atoms with Crippen molar-refractivity contribution in [2.24, 2.45) is 0 Å². The highest BCUT2D eigenvalue weighted by molar-refractivity contribution is 5.30. The standard InChI is InChI=1S/C21H20O/c22-21-13-11-18(12-14-21)16-20(19-9-5-2-6-10-19)15-17-7-3-1-4-8-17/h1-14,20,22H,15-16H2. The van der Waals surface area contributed by atoms with Crippen molar-refractivity contribution in [3.8, 4) is 5.75 Å². The Morgan fingerprint density at radius 2 is 1.09 bits per heavy atom. The van der Waals surface area contributed by atoms with E-state index in [0.29, 0.717) is 11.7 Å². The van der Waals surface area contributed by atoms with E-state index in [4.69, 9.17) is 0 Å². The number of hydrogen-bond donors (Lipinski definition) is 1. The Morgan fingerprint density at radius 3 is 1.68 bits per heavy atom. The molecule has 0 spiro atoms. The van der Waals surface area contributed by atoms with Crippen LogP contribution in [0.25, 0.3) is 0 Å². The van der Waals surface area contributed by atoms with Gasteiger partial charge in [-0.1, -0.05) is 72.8 Å². The van der Waals surface area contributed by atoms with Crippen LogP contribution in [-0.2, 0) is 12.8 Å². The molecule has 1 unspecified atom stereocenters. The third-order valence-corrected chi connectivity index (χ3v) is 4.01. The molecule has 22 heavy (non-hydrogen) atoms. The second-order valence-electron chi connectivity index (χ2n) is 5.67. The third kappa shape index (κ3) is 3.76. The number of phenols is 1. The fourth-order valence-electron chi connectivity index (χ4n) is 2.85. The molecule has 1 heteroatoms. The average molecular weight is 288 g/mol. The van der Waals surface area contributed by atoms with Gasteiger partial charge in [0.05, 0.1) is 0 Å². The highest BCUT2D eigenvalue weighted by atomic mass is 16.3. The normalized spacial score (nSPS) is 12.0. The molecule has 0 fully saturated rings. The molecule has 1 nitrogen and oxygen atoms in total. The Kier molecular flexibility index (Phi) is 4.55. The van der Waals surface area contributed by atoms with Crippen molar-refractivity contribution in [3.05, 3.63) is 102 Å².